The van der Waals surface area contributed by atoms with Gasteiger partial charge in [-0.15, -0.1) is 0 Å². The highest BCUT2D eigenvalue weighted by Gasteiger charge is 2.08. The van der Waals surface area contributed by atoms with E-state index in [1.165, 1.54) is 0 Å². The number of aromatic nitrogens is 1. The van der Waals surface area contributed by atoms with Crippen LogP contribution in [0.2, 0.25) is 10.0 Å². The molecule has 3 aromatic rings. The Balaban J connectivity index is 1.81. The first-order valence-electron chi connectivity index (χ1n) is 8.61. The minimum Gasteiger partial charge on any atom is -0.266 e. The van der Waals surface area contributed by atoms with Crippen LogP contribution in [-0.4, -0.2) is 11.6 Å². The lowest BCUT2D eigenvalue weighted by molar-refractivity contribution is -0.684. The molecule has 28 heavy (non-hydrogen) atoms. The van der Waals surface area contributed by atoms with Crippen LogP contribution in [0.3, 0.4) is 0 Å². The predicted octanol–water partition coefficient (Wildman–Crippen LogP) is 4.51. The van der Waals surface area contributed by atoms with Gasteiger partial charge in [0.15, 0.2) is 12.4 Å². The summed E-state index contributed by atoms with van der Waals surface area (Å²) in [6.45, 7) is 0.177. The van der Waals surface area contributed by atoms with Crippen LogP contribution in [0.15, 0.2) is 90.3 Å². The van der Waals surface area contributed by atoms with Gasteiger partial charge in [-0.25, -0.2) is 5.43 Å². The Morgan fingerprint density at radius 1 is 0.964 bits per heavy atom. The van der Waals surface area contributed by atoms with Crippen molar-refractivity contribution in [2.24, 2.45) is 5.10 Å². The van der Waals surface area contributed by atoms with Gasteiger partial charge in [0.1, 0.15) is 0 Å². The number of hydrogen-bond acceptors (Lipinski definition) is 2. The van der Waals surface area contributed by atoms with Crippen molar-refractivity contribution in [2.45, 2.75) is 6.54 Å². The van der Waals surface area contributed by atoms with Crippen molar-refractivity contribution in [2.75, 3.05) is 0 Å². The summed E-state index contributed by atoms with van der Waals surface area (Å²) in [7, 11) is 0. The number of rotatable bonds is 6. The molecule has 0 aliphatic rings. The number of benzene rings is 2. The van der Waals surface area contributed by atoms with Gasteiger partial charge in [0.05, 0.1) is 15.8 Å². The van der Waals surface area contributed by atoms with E-state index in [0.29, 0.717) is 15.8 Å². The molecule has 0 radical (unpaired) electrons. The highest BCUT2D eigenvalue weighted by molar-refractivity contribution is 6.43. The largest absolute Gasteiger partial charge is 0.305 e. The van der Waals surface area contributed by atoms with Crippen LogP contribution < -0.4 is 9.99 Å². The number of carbonyl (C=O) groups is 1. The van der Waals surface area contributed by atoms with Crippen LogP contribution in [0.4, 0.5) is 0 Å². The van der Waals surface area contributed by atoms with E-state index >= 15 is 0 Å². The third-order valence-electron chi connectivity index (χ3n) is 3.88. The van der Waals surface area contributed by atoms with Crippen molar-refractivity contribution in [1.29, 1.82) is 0 Å². The molecule has 1 heterocycles. The highest BCUT2D eigenvalue weighted by atomic mass is 35.5. The lowest BCUT2D eigenvalue weighted by Gasteiger charge is -2.04. The number of amides is 1. The second-order valence-electron chi connectivity index (χ2n) is 5.92. The Kier molecular flexibility index (Phi) is 6.95. The molecule has 4 nitrogen and oxygen atoms in total. The minimum absolute atomic E-state index is 0.177. The van der Waals surface area contributed by atoms with E-state index in [1.807, 2.05) is 79.1 Å². The van der Waals surface area contributed by atoms with Gasteiger partial charge in [0.25, 0.3) is 0 Å². The number of nitrogens with one attached hydrogen (secondary N) is 1. The monoisotopic (exact) mass is 410 g/mol. The van der Waals surface area contributed by atoms with Crippen molar-refractivity contribution >= 4 is 40.9 Å². The molecule has 2 aromatic carbocycles. The maximum Gasteiger partial charge on any atom is 0.305 e. The Morgan fingerprint density at radius 2 is 1.68 bits per heavy atom. The molecule has 1 N–H and O–H groups in total. The number of nitrogens with zero attached hydrogens (tertiary/aromatic N) is 2. The first kappa shape index (κ1) is 19.8. The van der Waals surface area contributed by atoms with Gasteiger partial charge >= 0.3 is 5.91 Å². The lowest BCUT2D eigenvalue weighted by Crippen LogP contribution is -2.41. The van der Waals surface area contributed by atoms with Gasteiger partial charge < -0.3 is 0 Å². The van der Waals surface area contributed by atoms with Crippen LogP contribution in [-0.2, 0) is 11.3 Å². The molecule has 3 rings (SSSR count). The fraction of sp³-hybridized carbons (Fsp3) is 0.0455. The molecular formula is C22H18Cl2N3O+. The Bertz CT molecular complexity index is 1000. The molecule has 0 saturated heterocycles. The van der Waals surface area contributed by atoms with E-state index in [1.54, 1.807) is 16.7 Å². The zero-order valence-electron chi connectivity index (χ0n) is 14.9. The third kappa shape index (κ3) is 5.52. The molecule has 0 fully saturated rings. The van der Waals surface area contributed by atoms with E-state index < -0.39 is 0 Å². The number of allylic oxidation sites excluding steroid dienone is 1. The molecule has 0 unspecified atom stereocenters. The molecule has 1 amide bonds. The molecular weight excluding hydrogens is 393 g/mol. The third-order valence-corrected chi connectivity index (χ3v) is 4.71. The van der Waals surface area contributed by atoms with E-state index in [-0.39, 0.29) is 12.5 Å². The minimum atomic E-state index is -0.223. The van der Waals surface area contributed by atoms with E-state index in [2.05, 4.69) is 10.5 Å². The average Bonchev–Trinajstić information content (AvgIpc) is 2.72. The zero-order valence-corrected chi connectivity index (χ0v) is 16.4. The van der Waals surface area contributed by atoms with Crippen molar-refractivity contribution in [1.82, 2.24) is 5.43 Å². The van der Waals surface area contributed by atoms with E-state index in [9.17, 15) is 4.79 Å². The summed E-state index contributed by atoms with van der Waals surface area (Å²) in [5.41, 5.74) is 4.84. The molecule has 0 aliphatic carbocycles. The van der Waals surface area contributed by atoms with Gasteiger partial charge in [0, 0.05) is 17.7 Å². The topological polar surface area (TPSA) is 45.3 Å². The molecule has 0 saturated carbocycles. The average molecular weight is 411 g/mol. The summed E-state index contributed by atoms with van der Waals surface area (Å²) in [5, 5.41) is 5.25. The highest BCUT2D eigenvalue weighted by Crippen LogP contribution is 2.26. The van der Waals surface area contributed by atoms with Crippen molar-refractivity contribution in [3.63, 3.8) is 0 Å². The predicted molar refractivity (Wildman–Crippen MR) is 113 cm³/mol. The SMILES string of the molecule is O=C(C[n+]1ccccc1)NN=C(C=Cc1cccc(Cl)c1Cl)c1ccccc1. The van der Waals surface area contributed by atoms with Gasteiger partial charge in [-0.05, 0) is 17.7 Å². The fourth-order valence-electron chi connectivity index (χ4n) is 2.49. The molecule has 0 spiro atoms. The van der Waals surface area contributed by atoms with Crippen molar-refractivity contribution in [3.8, 4) is 0 Å². The number of halogens is 2. The zero-order chi connectivity index (χ0) is 19.8. The number of hydrogen-bond donors (Lipinski definition) is 1. The molecule has 0 bridgehead atoms. The van der Waals surface area contributed by atoms with Gasteiger partial charge in [-0.1, -0.05) is 77.8 Å². The molecule has 0 atom stereocenters. The number of hydrazone groups is 1. The molecule has 6 heteroatoms. The smallest absolute Gasteiger partial charge is 0.266 e. The Hall–Kier alpha value is -2.95. The Morgan fingerprint density at radius 3 is 2.43 bits per heavy atom. The second kappa shape index (κ2) is 9.83. The maximum absolute atomic E-state index is 12.2. The fourth-order valence-corrected chi connectivity index (χ4v) is 2.86. The van der Waals surface area contributed by atoms with Gasteiger partial charge in [0.2, 0.25) is 6.54 Å². The van der Waals surface area contributed by atoms with E-state index in [4.69, 9.17) is 23.2 Å². The summed E-state index contributed by atoms with van der Waals surface area (Å²) in [5.74, 6) is -0.223. The van der Waals surface area contributed by atoms with E-state index in [0.717, 1.165) is 11.1 Å². The van der Waals surface area contributed by atoms with Gasteiger partial charge in [-0.3, -0.25) is 4.79 Å². The molecule has 1 aromatic heterocycles. The first-order valence-corrected chi connectivity index (χ1v) is 9.37. The summed E-state index contributed by atoms with van der Waals surface area (Å²) >= 11 is 12.3. The van der Waals surface area contributed by atoms with Crippen LogP contribution in [0.1, 0.15) is 11.1 Å². The molecule has 0 aliphatic heterocycles. The summed E-state index contributed by atoms with van der Waals surface area (Å²) in [6, 6.07) is 20.6. The first-order chi connectivity index (χ1) is 13.6. The van der Waals surface area contributed by atoms with Crippen LogP contribution >= 0.6 is 23.2 Å². The van der Waals surface area contributed by atoms with Crippen LogP contribution in [0.25, 0.3) is 6.08 Å². The van der Waals surface area contributed by atoms with Crippen LogP contribution in [0, 0.1) is 0 Å². The summed E-state index contributed by atoms with van der Waals surface area (Å²) < 4.78 is 1.77. The van der Waals surface area contributed by atoms with Crippen molar-refractivity contribution in [3.05, 3.63) is 106 Å². The lowest BCUT2D eigenvalue weighted by atomic mass is 10.1. The summed E-state index contributed by atoms with van der Waals surface area (Å²) in [4.78, 5) is 12.2. The number of pyridine rings is 1. The quantitative estimate of drug-likeness (QED) is 0.362. The maximum atomic E-state index is 12.2. The second-order valence-corrected chi connectivity index (χ2v) is 6.71. The van der Waals surface area contributed by atoms with Crippen molar-refractivity contribution < 1.29 is 9.36 Å². The summed E-state index contributed by atoms with van der Waals surface area (Å²) in [6.07, 6.45) is 7.26. The molecule has 140 valence electrons. The standard InChI is InChI=1S/C22H17Cl2N3O/c23-19-11-7-10-18(22(19)24)12-13-20(17-8-3-1-4-9-17)25-26-21(28)16-27-14-5-2-6-15-27/h1-15H,16H2/p+1. The van der Waals surface area contributed by atoms with Gasteiger partial charge in [-0.2, -0.15) is 9.67 Å². The number of carbonyl (C=O) groups excluding carboxylic acids is 1. The normalized spacial score (nSPS) is 11.6. The van der Waals surface area contributed by atoms with Crippen LogP contribution in [0.5, 0.6) is 0 Å². The Labute approximate surface area is 173 Å².